The number of hydrogen-bond donors (Lipinski definition) is 1. The van der Waals surface area contributed by atoms with E-state index in [9.17, 15) is 0 Å². The van der Waals surface area contributed by atoms with E-state index in [1.54, 1.807) is 19.5 Å². The fourth-order valence-corrected chi connectivity index (χ4v) is 2.11. The maximum atomic E-state index is 5.23. The first-order valence-corrected chi connectivity index (χ1v) is 7.06. The van der Waals surface area contributed by atoms with Crippen molar-refractivity contribution in [3.05, 3.63) is 42.2 Å². The van der Waals surface area contributed by atoms with E-state index in [-0.39, 0.29) is 0 Å². The molecule has 0 saturated carbocycles. The van der Waals surface area contributed by atoms with Crippen molar-refractivity contribution in [3.8, 4) is 5.75 Å². The Morgan fingerprint density at radius 1 is 1.19 bits per heavy atom. The van der Waals surface area contributed by atoms with Crippen LogP contribution >= 0.6 is 0 Å². The second kappa shape index (κ2) is 7.47. The second-order valence-electron chi connectivity index (χ2n) is 5.00. The molecule has 2 rings (SSSR count). The van der Waals surface area contributed by atoms with Crippen LogP contribution in [0.2, 0.25) is 0 Å². The van der Waals surface area contributed by atoms with Crippen LogP contribution in [0.3, 0.4) is 0 Å². The van der Waals surface area contributed by atoms with Crippen LogP contribution in [0.1, 0.15) is 12.0 Å². The Bertz CT molecular complexity index is 572. The highest BCUT2D eigenvalue weighted by Crippen LogP contribution is 2.17. The van der Waals surface area contributed by atoms with Crippen molar-refractivity contribution in [3.63, 3.8) is 0 Å². The Labute approximate surface area is 126 Å². The number of methoxy groups -OCH3 is 1. The fourth-order valence-electron chi connectivity index (χ4n) is 2.11. The molecule has 5 heteroatoms. The molecule has 5 nitrogen and oxygen atoms in total. The molecule has 0 saturated heterocycles. The van der Waals surface area contributed by atoms with Crippen molar-refractivity contribution < 1.29 is 4.74 Å². The van der Waals surface area contributed by atoms with Crippen molar-refractivity contribution in [2.45, 2.75) is 12.8 Å². The highest BCUT2D eigenvalue weighted by atomic mass is 16.5. The Morgan fingerprint density at radius 3 is 2.76 bits per heavy atom. The first-order chi connectivity index (χ1) is 10.2. The van der Waals surface area contributed by atoms with E-state index < -0.39 is 0 Å². The van der Waals surface area contributed by atoms with Gasteiger partial charge in [0.2, 0.25) is 0 Å². The minimum atomic E-state index is 0.827. The third kappa shape index (κ3) is 4.34. The molecule has 0 atom stereocenters. The van der Waals surface area contributed by atoms with Crippen LogP contribution in [-0.4, -0.2) is 37.7 Å². The summed E-state index contributed by atoms with van der Waals surface area (Å²) in [6, 6.07) is 8.18. The van der Waals surface area contributed by atoms with E-state index in [1.807, 2.05) is 31.1 Å². The number of benzene rings is 1. The Balaban J connectivity index is 1.85. The number of hydrogen-bond acceptors (Lipinski definition) is 5. The molecule has 1 N–H and O–H groups in total. The Kier molecular flexibility index (Phi) is 5.37. The Hall–Kier alpha value is -2.30. The molecule has 0 amide bonds. The lowest BCUT2D eigenvalue weighted by molar-refractivity contribution is 0.414. The fraction of sp³-hybridized carbons (Fsp3) is 0.375. The van der Waals surface area contributed by atoms with Gasteiger partial charge in [-0.25, -0.2) is 9.97 Å². The van der Waals surface area contributed by atoms with E-state index >= 15 is 0 Å². The van der Waals surface area contributed by atoms with E-state index in [1.165, 1.54) is 5.56 Å². The molecule has 2 aromatic rings. The topological polar surface area (TPSA) is 50.3 Å². The summed E-state index contributed by atoms with van der Waals surface area (Å²) in [4.78, 5) is 10.6. The molecule has 0 bridgehead atoms. The van der Waals surface area contributed by atoms with E-state index in [0.717, 1.165) is 36.8 Å². The average molecular weight is 286 g/mol. The molecule has 0 aliphatic heterocycles. The molecule has 0 fully saturated rings. The number of nitrogens with zero attached hydrogens (tertiary/aromatic N) is 3. The number of ether oxygens (including phenoxy) is 1. The zero-order valence-corrected chi connectivity index (χ0v) is 12.8. The molecule has 0 unspecified atom stereocenters. The highest BCUT2D eigenvalue weighted by Gasteiger charge is 2.05. The maximum Gasteiger partial charge on any atom is 0.171 e. The predicted octanol–water partition coefficient (Wildman–Crippen LogP) is 2.60. The normalized spacial score (nSPS) is 10.2. The van der Waals surface area contributed by atoms with Gasteiger partial charge in [-0.1, -0.05) is 12.1 Å². The van der Waals surface area contributed by atoms with Crippen LogP contribution in [0.5, 0.6) is 5.75 Å². The number of anilines is 2. The molecular formula is C16H22N4O. The van der Waals surface area contributed by atoms with Gasteiger partial charge in [0, 0.05) is 33.0 Å². The van der Waals surface area contributed by atoms with Crippen molar-refractivity contribution in [1.29, 1.82) is 0 Å². The molecule has 0 spiro atoms. The molecule has 1 aromatic carbocycles. The maximum absolute atomic E-state index is 5.23. The summed E-state index contributed by atoms with van der Waals surface area (Å²) in [5.41, 5.74) is 1.28. The summed E-state index contributed by atoms with van der Waals surface area (Å²) in [6.07, 6.45) is 5.44. The lowest BCUT2D eigenvalue weighted by Gasteiger charge is -2.15. The van der Waals surface area contributed by atoms with Crippen LogP contribution in [0, 0.1) is 0 Å². The molecule has 0 aliphatic rings. The van der Waals surface area contributed by atoms with Gasteiger partial charge in [0.15, 0.2) is 11.6 Å². The zero-order chi connectivity index (χ0) is 15.1. The van der Waals surface area contributed by atoms with Crippen LogP contribution in [-0.2, 0) is 6.42 Å². The van der Waals surface area contributed by atoms with Gasteiger partial charge in [-0.3, -0.25) is 0 Å². The Morgan fingerprint density at radius 2 is 2.00 bits per heavy atom. The number of rotatable bonds is 7. The second-order valence-corrected chi connectivity index (χ2v) is 5.00. The molecule has 0 aliphatic carbocycles. The van der Waals surface area contributed by atoms with E-state index in [0.29, 0.717) is 0 Å². The van der Waals surface area contributed by atoms with Crippen molar-refractivity contribution in [2.24, 2.45) is 0 Å². The lowest BCUT2D eigenvalue weighted by atomic mass is 10.1. The van der Waals surface area contributed by atoms with Gasteiger partial charge in [0.1, 0.15) is 5.75 Å². The third-order valence-electron chi connectivity index (χ3n) is 3.17. The molecule has 21 heavy (non-hydrogen) atoms. The SMILES string of the molecule is COc1cccc(CCCNc2nccnc2N(C)C)c1. The van der Waals surface area contributed by atoms with Crippen molar-refractivity contribution in [1.82, 2.24) is 9.97 Å². The first kappa shape index (κ1) is 15.1. The quantitative estimate of drug-likeness (QED) is 0.793. The van der Waals surface area contributed by atoms with Gasteiger partial charge in [-0.15, -0.1) is 0 Å². The number of aromatic nitrogens is 2. The van der Waals surface area contributed by atoms with Gasteiger partial charge in [-0.2, -0.15) is 0 Å². The molecular weight excluding hydrogens is 264 g/mol. The molecule has 0 radical (unpaired) electrons. The summed E-state index contributed by atoms with van der Waals surface area (Å²) in [5, 5.41) is 3.35. The first-order valence-electron chi connectivity index (χ1n) is 7.06. The van der Waals surface area contributed by atoms with Crippen LogP contribution in [0.4, 0.5) is 11.6 Å². The van der Waals surface area contributed by atoms with Gasteiger partial charge >= 0.3 is 0 Å². The summed E-state index contributed by atoms with van der Waals surface area (Å²) in [6.45, 7) is 0.858. The summed E-state index contributed by atoms with van der Waals surface area (Å²) in [5.74, 6) is 2.59. The van der Waals surface area contributed by atoms with E-state index in [2.05, 4.69) is 27.4 Å². The lowest BCUT2D eigenvalue weighted by Crippen LogP contribution is -2.15. The van der Waals surface area contributed by atoms with Crippen molar-refractivity contribution in [2.75, 3.05) is 38.0 Å². The van der Waals surface area contributed by atoms with Crippen LogP contribution in [0.25, 0.3) is 0 Å². The van der Waals surface area contributed by atoms with Crippen LogP contribution in [0.15, 0.2) is 36.7 Å². The van der Waals surface area contributed by atoms with Gasteiger partial charge in [-0.05, 0) is 30.5 Å². The molecule has 112 valence electrons. The number of nitrogens with one attached hydrogen (secondary N) is 1. The van der Waals surface area contributed by atoms with Gasteiger partial charge in [0.25, 0.3) is 0 Å². The van der Waals surface area contributed by atoms with Crippen molar-refractivity contribution >= 4 is 11.6 Å². The minimum Gasteiger partial charge on any atom is -0.497 e. The minimum absolute atomic E-state index is 0.827. The highest BCUT2D eigenvalue weighted by molar-refractivity contribution is 5.59. The number of aryl methyl sites for hydroxylation is 1. The standard InChI is InChI=1S/C16H22N4O/c1-20(2)16-15(18-10-11-19-16)17-9-5-7-13-6-4-8-14(12-13)21-3/h4,6,8,10-12H,5,7,9H2,1-3H3,(H,17,18). The monoisotopic (exact) mass is 286 g/mol. The molecule has 1 aromatic heterocycles. The third-order valence-corrected chi connectivity index (χ3v) is 3.17. The summed E-state index contributed by atoms with van der Waals surface area (Å²) < 4.78 is 5.23. The van der Waals surface area contributed by atoms with Gasteiger partial charge < -0.3 is 15.0 Å². The zero-order valence-electron chi connectivity index (χ0n) is 12.8. The smallest absolute Gasteiger partial charge is 0.171 e. The average Bonchev–Trinajstić information content (AvgIpc) is 2.52. The largest absolute Gasteiger partial charge is 0.497 e. The molecule has 1 heterocycles. The predicted molar refractivity (Wildman–Crippen MR) is 86.2 cm³/mol. The van der Waals surface area contributed by atoms with Crippen LogP contribution < -0.4 is 15.0 Å². The van der Waals surface area contributed by atoms with Gasteiger partial charge in [0.05, 0.1) is 7.11 Å². The summed E-state index contributed by atoms with van der Waals surface area (Å²) >= 11 is 0. The summed E-state index contributed by atoms with van der Waals surface area (Å²) in [7, 11) is 5.62. The van der Waals surface area contributed by atoms with E-state index in [4.69, 9.17) is 4.74 Å².